The molecular weight excluding hydrogens is 260 g/mol. The quantitative estimate of drug-likeness (QED) is 0.792. The van der Waals surface area contributed by atoms with Crippen molar-refractivity contribution in [3.05, 3.63) is 35.9 Å². The molecule has 6 nitrogen and oxygen atoms in total. The van der Waals surface area contributed by atoms with Gasteiger partial charge in [-0.1, -0.05) is 30.3 Å². The lowest BCUT2D eigenvalue weighted by molar-refractivity contribution is -0.145. The van der Waals surface area contributed by atoms with E-state index in [1.54, 1.807) is 0 Å². The molecule has 2 atom stereocenters. The molecule has 2 N–H and O–H groups in total. The molecule has 6 heteroatoms. The lowest BCUT2D eigenvalue weighted by Gasteiger charge is -2.17. The van der Waals surface area contributed by atoms with E-state index in [4.69, 9.17) is 9.47 Å². The summed E-state index contributed by atoms with van der Waals surface area (Å²) in [6.45, 7) is 1.23. The van der Waals surface area contributed by atoms with E-state index in [2.05, 4.69) is 10.6 Å². The summed E-state index contributed by atoms with van der Waals surface area (Å²) < 4.78 is 9.83. The van der Waals surface area contributed by atoms with E-state index in [9.17, 15) is 9.59 Å². The van der Waals surface area contributed by atoms with Gasteiger partial charge in [0, 0.05) is 13.1 Å². The first-order valence-electron chi connectivity index (χ1n) is 6.46. The van der Waals surface area contributed by atoms with Crippen molar-refractivity contribution in [1.82, 2.24) is 10.6 Å². The average Bonchev–Trinajstić information content (AvgIpc) is 2.93. The minimum Gasteiger partial charge on any atom is -0.469 e. The highest BCUT2D eigenvalue weighted by Crippen LogP contribution is 2.11. The Morgan fingerprint density at radius 1 is 1.30 bits per heavy atom. The molecular formula is C14H18N2O4. The van der Waals surface area contributed by atoms with Crippen LogP contribution in [0.3, 0.4) is 0 Å². The number of benzene rings is 1. The predicted octanol–water partition coefficient (Wildman–Crippen LogP) is 0.674. The molecule has 108 valence electrons. The van der Waals surface area contributed by atoms with E-state index in [-0.39, 0.29) is 24.5 Å². The normalized spacial score (nSPS) is 21.2. The Morgan fingerprint density at radius 2 is 2.05 bits per heavy atom. The lowest BCUT2D eigenvalue weighted by atomic mass is 10.0. The number of methoxy groups -OCH3 is 1. The maximum Gasteiger partial charge on any atom is 0.407 e. The molecule has 1 saturated heterocycles. The summed E-state index contributed by atoms with van der Waals surface area (Å²) in [6, 6.07) is 9.11. The molecule has 0 spiro atoms. The van der Waals surface area contributed by atoms with Crippen LogP contribution in [0.2, 0.25) is 0 Å². The smallest absolute Gasteiger partial charge is 0.407 e. The molecule has 0 bridgehead atoms. The molecule has 1 fully saturated rings. The number of carbonyl (C=O) groups excluding carboxylic acids is 2. The number of hydrogen-bond acceptors (Lipinski definition) is 5. The lowest BCUT2D eigenvalue weighted by Crippen LogP contribution is -2.43. The zero-order valence-corrected chi connectivity index (χ0v) is 11.3. The predicted molar refractivity (Wildman–Crippen MR) is 71.9 cm³/mol. The van der Waals surface area contributed by atoms with Gasteiger partial charge in [0.1, 0.15) is 6.61 Å². The summed E-state index contributed by atoms with van der Waals surface area (Å²) in [6.07, 6.45) is -0.531. The monoisotopic (exact) mass is 278 g/mol. The Balaban J connectivity index is 1.80. The van der Waals surface area contributed by atoms with E-state index in [0.29, 0.717) is 13.1 Å². The molecule has 1 aliphatic rings. The summed E-state index contributed by atoms with van der Waals surface area (Å²) in [5.41, 5.74) is 0.914. The fourth-order valence-electron chi connectivity index (χ4n) is 2.15. The molecule has 0 aromatic heterocycles. The molecule has 0 saturated carbocycles. The number of nitrogens with one attached hydrogen (secondary N) is 2. The minimum atomic E-state index is -0.531. The van der Waals surface area contributed by atoms with Crippen LogP contribution in [0.1, 0.15) is 5.56 Å². The first kappa shape index (κ1) is 14.3. The van der Waals surface area contributed by atoms with Crippen molar-refractivity contribution >= 4 is 12.1 Å². The average molecular weight is 278 g/mol. The van der Waals surface area contributed by atoms with Gasteiger partial charge < -0.3 is 20.1 Å². The Hall–Kier alpha value is -2.08. The summed E-state index contributed by atoms with van der Waals surface area (Å²) in [5.74, 6) is -0.701. The first-order chi connectivity index (χ1) is 9.70. The van der Waals surface area contributed by atoms with Gasteiger partial charge in [0.05, 0.1) is 19.1 Å². The van der Waals surface area contributed by atoms with E-state index in [1.165, 1.54) is 7.11 Å². The molecule has 1 aromatic rings. The van der Waals surface area contributed by atoms with E-state index in [0.717, 1.165) is 5.56 Å². The first-order valence-corrected chi connectivity index (χ1v) is 6.46. The second-order valence-electron chi connectivity index (χ2n) is 4.60. The third-order valence-corrected chi connectivity index (χ3v) is 3.23. The summed E-state index contributed by atoms with van der Waals surface area (Å²) in [7, 11) is 1.34. The Kier molecular flexibility index (Phi) is 4.95. The Labute approximate surface area is 117 Å². The van der Waals surface area contributed by atoms with Gasteiger partial charge in [-0.05, 0) is 5.56 Å². The van der Waals surface area contributed by atoms with Gasteiger partial charge in [0.25, 0.3) is 0 Å². The maximum absolute atomic E-state index is 11.7. The largest absolute Gasteiger partial charge is 0.469 e. The van der Waals surface area contributed by atoms with Crippen molar-refractivity contribution < 1.29 is 19.1 Å². The summed E-state index contributed by atoms with van der Waals surface area (Å²) in [4.78, 5) is 23.2. The molecule has 1 amide bonds. The SMILES string of the molecule is COC(=O)[C@@H]1CNC[C@H]1NC(=O)OCc1ccccc1. The van der Waals surface area contributed by atoms with E-state index < -0.39 is 6.09 Å². The molecule has 1 aliphatic heterocycles. The summed E-state index contributed by atoms with van der Waals surface area (Å²) in [5, 5.41) is 5.74. The van der Waals surface area contributed by atoms with E-state index in [1.807, 2.05) is 30.3 Å². The zero-order chi connectivity index (χ0) is 14.4. The van der Waals surface area contributed by atoms with Crippen molar-refractivity contribution in [3.8, 4) is 0 Å². The van der Waals surface area contributed by atoms with Crippen molar-refractivity contribution in [2.24, 2.45) is 5.92 Å². The number of ether oxygens (including phenoxy) is 2. The van der Waals surface area contributed by atoms with Crippen LogP contribution in [-0.2, 0) is 20.9 Å². The van der Waals surface area contributed by atoms with Crippen LogP contribution in [0.15, 0.2) is 30.3 Å². The third kappa shape index (κ3) is 3.71. The second-order valence-corrected chi connectivity index (χ2v) is 4.60. The third-order valence-electron chi connectivity index (χ3n) is 3.23. The van der Waals surface area contributed by atoms with Crippen molar-refractivity contribution in [1.29, 1.82) is 0 Å². The van der Waals surface area contributed by atoms with Crippen LogP contribution in [0.4, 0.5) is 4.79 Å². The molecule has 0 radical (unpaired) electrons. The number of alkyl carbamates (subject to hydrolysis) is 1. The van der Waals surface area contributed by atoms with E-state index >= 15 is 0 Å². The number of amides is 1. The van der Waals surface area contributed by atoms with Gasteiger partial charge in [-0.25, -0.2) is 4.79 Å². The highest BCUT2D eigenvalue weighted by molar-refractivity contribution is 5.76. The molecule has 1 aromatic carbocycles. The van der Waals surface area contributed by atoms with Gasteiger partial charge in [0.15, 0.2) is 0 Å². The summed E-state index contributed by atoms with van der Waals surface area (Å²) >= 11 is 0. The zero-order valence-electron chi connectivity index (χ0n) is 11.3. The topological polar surface area (TPSA) is 76.7 Å². The van der Waals surface area contributed by atoms with Crippen LogP contribution in [-0.4, -0.2) is 38.3 Å². The van der Waals surface area contributed by atoms with Gasteiger partial charge in [-0.3, -0.25) is 4.79 Å². The van der Waals surface area contributed by atoms with Crippen LogP contribution in [0.5, 0.6) is 0 Å². The number of esters is 1. The highest BCUT2D eigenvalue weighted by Gasteiger charge is 2.35. The Bertz CT molecular complexity index is 464. The van der Waals surface area contributed by atoms with Gasteiger partial charge >= 0.3 is 12.1 Å². The number of rotatable bonds is 4. The fourth-order valence-corrected chi connectivity index (χ4v) is 2.15. The highest BCUT2D eigenvalue weighted by atomic mass is 16.5. The number of carbonyl (C=O) groups is 2. The van der Waals surface area contributed by atoms with Gasteiger partial charge in [0.2, 0.25) is 0 Å². The molecule has 20 heavy (non-hydrogen) atoms. The molecule has 2 rings (SSSR count). The molecule has 0 unspecified atom stereocenters. The van der Waals surface area contributed by atoms with Crippen molar-refractivity contribution in [2.45, 2.75) is 12.6 Å². The van der Waals surface area contributed by atoms with Crippen LogP contribution >= 0.6 is 0 Å². The van der Waals surface area contributed by atoms with Crippen LogP contribution in [0, 0.1) is 5.92 Å². The van der Waals surface area contributed by atoms with Crippen molar-refractivity contribution in [2.75, 3.05) is 20.2 Å². The number of hydrogen-bond donors (Lipinski definition) is 2. The second kappa shape index (κ2) is 6.91. The van der Waals surface area contributed by atoms with Gasteiger partial charge in [-0.2, -0.15) is 0 Å². The van der Waals surface area contributed by atoms with Crippen molar-refractivity contribution in [3.63, 3.8) is 0 Å². The minimum absolute atomic E-state index is 0.204. The van der Waals surface area contributed by atoms with Crippen LogP contribution < -0.4 is 10.6 Å². The molecule has 0 aliphatic carbocycles. The fraction of sp³-hybridized carbons (Fsp3) is 0.429. The molecule has 1 heterocycles. The standard InChI is InChI=1S/C14H18N2O4/c1-19-13(17)11-7-15-8-12(11)16-14(18)20-9-10-5-3-2-4-6-10/h2-6,11-12,15H,7-9H2,1H3,(H,16,18)/t11-,12-/m1/s1. The van der Waals surface area contributed by atoms with Crippen LogP contribution in [0.25, 0.3) is 0 Å². The van der Waals surface area contributed by atoms with Gasteiger partial charge in [-0.15, -0.1) is 0 Å². The Morgan fingerprint density at radius 3 is 2.75 bits per heavy atom. The maximum atomic E-state index is 11.7.